The molecular formula is C21H30F3N3O3S. The summed E-state index contributed by atoms with van der Waals surface area (Å²) in [4.78, 5) is 13.9. The van der Waals surface area contributed by atoms with Crippen LogP contribution in [0, 0.1) is 5.92 Å². The predicted octanol–water partition coefficient (Wildman–Crippen LogP) is 3.10. The van der Waals surface area contributed by atoms with Gasteiger partial charge in [0, 0.05) is 25.2 Å². The van der Waals surface area contributed by atoms with Gasteiger partial charge in [-0.1, -0.05) is 19.9 Å². The normalized spacial score (nSPS) is 20.5. The van der Waals surface area contributed by atoms with E-state index in [1.165, 1.54) is 10.4 Å². The molecule has 1 N–H and O–H groups in total. The fraction of sp³-hybridized carbons (Fsp3) is 0.667. The molecule has 6 nitrogen and oxygen atoms in total. The lowest BCUT2D eigenvalue weighted by Gasteiger charge is -2.39. The van der Waals surface area contributed by atoms with Crippen molar-refractivity contribution in [3.63, 3.8) is 0 Å². The number of likely N-dealkylation sites (tertiary alicyclic amines) is 1. The van der Waals surface area contributed by atoms with E-state index in [9.17, 15) is 26.4 Å². The number of benzene rings is 1. The van der Waals surface area contributed by atoms with Gasteiger partial charge in [0.1, 0.15) is 0 Å². The smallest absolute Gasteiger partial charge is 0.340 e. The molecule has 1 aromatic carbocycles. The fourth-order valence-corrected chi connectivity index (χ4v) is 5.88. The molecule has 1 aliphatic heterocycles. The summed E-state index contributed by atoms with van der Waals surface area (Å²) in [6.45, 7) is 5.80. The zero-order valence-electron chi connectivity index (χ0n) is 17.9. The largest absolute Gasteiger partial charge is 0.416 e. The number of sulfonamides is 1. The molecule has 1 saturated carbocycles. The van der Waals surface area contributed by atoms with E-state index in [1.54, 1.807) is 4.90 Å². The molecule has 1 atom stereocenters. The van der Waals surface area contributed by atoms with Crippen molar-refractivity contribution in [2.75, 3.05) is 26.2 Å². The van der Waals surface area contributed by atoms with E-state index in [1.807, 2.05) is 13.8 Å². The standard InChI is InChI=1S/C21H30F3N3O3S/c1-15(2)12-25-13-20(28)26-10-4-6-18(14-26)27(17-8-9-17)31(29,30)19-7-3-5-16(11-19)21(22,23)24/h3,5,7,11,15,17-18,25H,4,6,8-10,12-14H2,1-2H3. The van der Waals surface area contributed by atoms with E-state index in [2.05, 4.69) is 5.32 Å². The molecule has 2 aliphatic rings. The third-order valence-corrected chi connectivity index (χ3v) is 7.58. The van der Waals surface area contributed by atoms with Crippen molar-refractivity contribution in [1.29, 1.82) is 0 Å². The molecule has 1 heterocycles. The number of carbonyl (C=O) groups is 1. The maximum Gasteiger partial charge on any atom is 0.416 e. The number of piperidine rings is 1. The summed E-state index contributed by atoms with van der Waals surface area (Å²) in [5, 5.41) is 3.11. The van der Waals surface area contributed by atoms with Gasteiger partial charge in [0.25, 0.3) is 0 Å². The first-order chi connectivity index (χ1) is 14.5. The van der Waals surface area contributed by atoms with Crippen molar-refractivity contribution in [2.24, 2.45) is 5.92 Å². The van der Waals surface area contributed by atoms with Crippen LogP contribution in [0.5, 0.6) is 0 Å². The maximum atomic E-state index is 13.4. The van der Waals surface area contributed by atoms with E-state index < -0.39 is 27.8 Å². The molecule has 1 unspecified atom stereocenters. The first-order valence-electron chi connectivity index (χ1n) is 10.7. The number of rotatable bonds is 8. The Morgan fingerprint density at radius 2 is 1.94 bits per heavy atom. The van der Waals surface area contributed by atoms with Gasteiger partial charge in [0.05, 0.1) is 17.0 Å². The Hall–Kier alpha value is -1.65. The van der Waals surface area contributed by atoms with Gasteiger partial charge < -0.3 is 10.2 Å². The topological polar surface area (TPSA) is 69.7 Å². The highest BCUT2D eigenvalue weighted by atomic mass is 32.2. The van der Waals surface area contributed by atoms with E-state index in [-0.39, 0.29) is 29.9 Å². The molecule has 0 spiro atoms. The molecule has 3 rings (SSSR count). The second-order valence-corrected chi connectivity index (χ2v) is 10.6. The lowest BCUT2D eigenvalue weighted by atomic mass is 10.1. The lowest BCUT2D eigenvalue weighted by Crippen LogP contribution is -2.53. The molecule has 1 saturated heterocycles. The molecule has 10 heteroatoms. The zero-order chi connectivity index (χ0) is 22.8. The minimum absolute atomic E-state index is 0.0856. The van der Waals surface area contributed by atoms with Gasteiger partial charge in [-0.3, -0.25) is 4.79 Å². The van der Waals surface area contributed by atoms with Gasteiger partial charge in [0.15, 0.2) is 0 Å². The molecule has 0 radical (unpaired) electrons. The van der Waals surface area contributed by atoms with Gasteiger partial charge in [0.2, 0.25) is 15.9 Å². The van der Waals surface area contributed by atoms with Crippen LogP contribution in [0.25, 0.3) is 0 Å². The second-order valence-electron chi connectivity index (χ2n) is 8.75. The maximum absolute atomic E-state index is 13.4. The molecule has 1 aliphatic carbocycles. The average Bonchev–Trinajstić information content (AvgIpc) is 3.52. The van der Waals surface area contributed by atoms with Crippen LogP contribution in [0.15, 0.2) is 29.2 Å². The van der Waals surface area contributed by atoms with Crippen molar-refractivity contribution in [3.8, 4) is 0 Å². The number of amides is 1. The van der Waals surface area contributed by atoms with Crippen LogP contribution in [0.4, 0.5) is 13.2 Å². The first-order valence-corrected chi connectivity index (χ1v) is 12.1. The molecule has 0 bridgehead atoms. The van der Waals surface area contributed by atoms with Crippen LogP contribution in [0.1, 0.15) is 45.1 Å². The molecular weight excluding hydrogens is 431 g/mol. The van der Waals surface area contributed by atoms with Crippen LogP contribution < -0.4 is 5.32 Å². The second kappa shape index (κ2) is 9.46. The van der Waals surface area contributed by atoms with Gasteiger partial charge >= 0.3 is 6.18 Å². The molecule has 0 aromatic heterocycles. The SMILES string of the molecule is CC(C)CNCC(=O)N1CCCC(N(C2CC2)S(=O)(=O)c2cccc(C(F)(F)F)c2)C1. The highest BCUT2D eigenvalue weighted by molar-refractivity contribution is 7.89. The highest BCUT2D eigenvalue weighted by Crippen LogP contribution is 2.37. The molecule has 2 fully saturated rings. The van der Waals surface area contributed by atoms with Crippen LogP contribution in [0.2, 0.25) is 0 Å². The minimum Gasteiger partial charge on any atom is -0.340 e. The van der Waals surface area contributed by atoms with Gasteiger partial charge in [-0.05, 0) is 56.3 Å². The van der Waals surface area contributed by atoms with Crippen molar-refractivity contribution in [2.45, 2.75) is 62.7 Å². The summed E-state index contributed by atoms with van der Waals surface area (Å²) in [6.07, 6.45) is -2.02. The Bertz CT molecular complexity index is 885. The predicted molar refractivity (Wildman–Crippen MR) is 111 cm³/mol. The summed E-state index contributed by atoms with van der Waals surface area (Å²) < 4.78 is 67.4. The van der Waals surface area contributed by atoms with Crippen LogP contribution >= 0.6 is 0 Å². The van der Waals surface area contributed by atoms with Crippen LogP contribution in [-0.2, 0) is 21.0 Å². The van der Waals surface area contributed by atoms with Crippen molar-refractivity contribution < 1.29 is 26.4 Å². The molecule has 1 aromatic rings. The number of carbonyl (C=O) groups excluding carboxylic acids is 1. The Balaban J connectivity index is 1.78. The molecule has 1 amide bonds. The summed E-state index contributed by atoms with van der Waals surface area (Å²) in [7, 11) is -4.12. The number of nitrogens with one attached hydrogen (secondary N) is 1. The van der Waals surface area contributed by atoms with E-state index in [4.69, 9.17) is 0 Å². The summed E-state index contributed by atoms with van der Waals surface area (Å²) in [5.41, 5.74) is -0.985. The van der Waals surface area contributed by atoms with Crippen LogP contribution in [-0.4, -0.2) is 61.8 Å². The average molecular weight is 462 g/mol. The number of hydrogen-bond acceptors (Lipinski definition) is 4. The molecule has 31 heavy (non-hydrogen) atoms. The van der Waals surface area contributed by atoms with Gasteiger partial charge in [-0.2, -0.15) is 17.5 Å². The highest BCUT2D eigenvalue weighted by Gasteiger charge is 2.44. The summed E-state index contributed by atoms with van der Waals surface area (Å²) in [6, 6.07) is 3.24. The van der Waals surface area contributed by atoms with Gasteiger partial charge in [-0.25, -0.2) is 8.42 Å². The molecule has 174 valence electrons. The fourth-order valence-electron chi connectivity index (χ4n) is 3.94. The van der Waals surface area contributed by atoms with Gasteiger partial charge in [-0.15, -0.1) is 0 Å². The van der Waals surface area contributed by atoms with Crippen molar-refractivity contribution in [3.05, 3.63) is 29.8 Å². The van der Waals surface area contributed by atoms with E-state index >= 15 is 0 Å². The summed E-state index contributed by atoms with van der Waals surface area (Å²) in [5.74, 6) is 0.322. The monoisotopic (exact) mass is 461 g/mol. The third kappa shape index (κ3) is 5.98. The first kappa shape index (κ1) is 24.0. The number of alkyl halides is 3. The number of halogens is 3. The zero-order valence-corrected chi connectivity index (χ0v) is 18.7. The summed E-state index contributed by atoms with van der Waals surface area (Å²) >= 11 is 0. The number of hydrogen-bond donors (Lipinski definition) is 1. The van der Waals surface area contributed by atoms with E-state index in [0.29, 0.717) is 50.8 Å². The Morgan fingerprint density at radius 3 is 2.55 bits per heavy atom. The minimum atomic E-state index is -4.62. The Morgan fingerprint density at radius 1 is 1.23 bits per heavy atom. The Kier molecular flexibility index (Phi) is 7.32. The quantitative estimate of drug-likeness (QED) is 0.646. The van der Waals surface area contributed by atoms with Crippen molar-refractivity contribution >= 4 is 15.9 Å². The third-order valence-electron chi connectivity index (χ3n) is 5.58. The number of nitrogens with zero attached hydrogens (tertiary/aromatic N) is 2. The van der Waals surface area contributed by atoms with Crippen LogP contribution in [0.3, 0.4) is 0 Å². The van der Waals surface area contributed by atoms with Crippen molar-refractivity contribution in [1.82, 2.24) is 14.5 Å². The van der Waals surface area contributed by atoms with E-state index in [0.717, 1.165) is 12.1 Å². The Labute approximate surface area is 181 Å². The lowest BCUT2D eigenvalue weighted by molar-refractivity contribution is -0.137.